The monoisotopic (exact) mass is 499 g/mol. The summed E-state index contributed by atoms with van der Waals surface area (Å²) in [6.45, 7) is 2.03. The van der Waals surface area contributed by atoms with Gasteiger partial charge in [0, 0.05) is 57.4 Å². The molecular weight excluding hydrogens is 461 g/mol. The first kappa shape index (κ1) is 26.5. The molecular formula is C28H38FN3O4. The second-order valence-corrected chi connectivity index (χ2v) is 10.1. The zero-order chi connectivity index (χ0) is 25.7. The van der Waals surface area contributed by atoms with E-state index < -0.39 is 17.7 Å². The van der Waals surface area contributed by atoms with Crippen molar-refractivity contribution in [2.45, 2.75) is 49.9 Å². The highest BCUT2D eigenvalue weighted by Crippen LogP contribution is 2.44. The van der Waals surface area contributed by atoms with Gasteiger partial charge in [-0.1, -0.05) is 42.5 Å². The van der Waals surface area contributed by atoms with E-state index in [2.05, 4.69) is 0 Å². The molecule has 2 aliphatic rings. The van der Waals surface area contributed by atoms with Gasteiger partial charge in [-0.3, -0.25) is 0 Å². The Kier molecular flexibility index (Phi) is 8.62. The number of ether oxygens (including phenoxy) is 1. The van der Waals surface area contributed by atoms with Gasteiger partial charge in [0.05, 0.1) is 11.7 Å². The molecule has 7 nitrogen and oxygen atoms in total. The predicted octanol–water partition coefficient (Wildman–Crippen LogP) is 3.33. The van der Waals surface area contributed by atoms with Gasteiger partial charge in [-0.25, -0.2) is 9.18 Å². The average Bonchev–Trinajstić information content (AvgIpc) is 3.24. The summed E-state index contributed by atoms with van der Waals surface area (Å²) in [5.41, 5.74) is 6.27. The Bertz CT molecular complexity index is 1010. The molecule has 2 heterocycles. The topological polar surface area (TPSA) is 99.3 Å². The lowest BCUT2D eigenvalue weighted by Gasteiger charge is -2.44. The normalized spacial score (nSPS) is 24.1. The minimum absolute atomic E-state index is 0.170. The van der Waals surface area contributed by atoms with Gasteiger partial charge in [-0.05, 0) is 49.3 Å². The number of carbonyl (C=O) groups excluding carboxylic acids is 1. The van der Waals surface area contributed by atoms with Crippen LogP contribution in [0.2, 0.25) is 0 Å². The maximum absolute atomic E-state index is 15.3. The minimum atomic E-state index is -1.33. The largest absolute Gasteiger partial charge is 0.390 e. The van der Waals surface area contributed by atoms with E-state index in [9.17, 15) is 15.0 Å². The van der Waals surface area contributed by atoms with Gasteiger partial charge >= 0.3 is 6.03 Å². The molecule has 1 unspecified atom stereocenters. The van der Waals surface area contributed by atoms with Gasteiger partial charge < -0.3 is 30.5 Å². The molecule has 4 rings (SSSR count). The van der Waals surface area contributed by atoms with E-state index in [0.29, 0.717) is 55.8 Å². The van der Waals surface area contributed by atoms with Crippen molar-refractivity contribution in [2.75, 3.05) is 39.9 Å². The number of amides is 2. The van der Waals surface area contributed by atoms with Crippen molar-refractivity contribution < 1.29 is 24.1 Å². The maximum Gasteiger partial charge on any atom is 0.320 e. The number of aliphatic hydroxyl groups excluding tert-OH is 1. The van der Waals surface area contributed by atoms with Gasteiger partial charge in [-0.2, -0.15) is 0 Å². The fraction of sp³-hybridized carbons (Fsp3) is 0.536. The molecule has 2 aromatic carbocycles. The number of urea groups is 1. The Morgan fingerprint density at radius 1 is 1.11 bits per heavy atom. The molecule has 2 aromatic rings. The number of halogens is 1. The Hall–Kier alpha value is -2.52. The highest BCUT2D eigenvalue weighted by atomic mass is 19.1. The molecule has 0 bridgehead atoms. The smallest absolute Gasteiger partial charge is 0.320 e. The summed E-state index contributed by atoms with van der Waals surface area (Å²) in [6.07, 6.45) is 2.63. The van der Waals surface area contributed by atoms with Crippen LogP contribution < -0.4 is 5.73 Å². The number of piperidine rings is 1. The van der Waals surface area contributed by atoms with E-state index in [0.717, 1.165) is 19.3 Å². The summed E-state index contributed by atoms with van der Waals surface area (Å²) in [5, 5.41) is 22.4. The van der Waals surface area contributed by atoms with Crippen LogP contribution in [0, 0.1) is 11.7 Å². The molecule has 2 fully saturated rings. The number of methoxy groups -OCH3 is 1. The van der Waals surface area contributed by atoms with Crippen LogP contribution in [0.3, 0.4) is 0 Å². The summed E-state index contributed by atoms with van der Waals surface area (Å²) >= 11 is 0. The first-order chi connectivity index (χ1) is 17.3. The number of hydrogen-bond acceptors (Lipinski definition) is 5. The standard InChI is InChI=1S/C28H38FN3O4/c1-36-16-6-5-14-28(35,22-12-7-13-23(29)26(22)20-9-3-2-4-10-20)21-11-8-15-31(17-21)27(34)32-18-24(30)25(33)19-32/h2-4,7,9-10,12-13,21,24-25,33,35H,5-6,8,11,14-19,30H2,1H3/t21?,24-,25+,28+/m1/s1. The number of β-amino-alcohol motifs (C(OH)–C–C–N with tert-alkyl or cyclic N) is 1. The van der Waals surface area contributed by atoms with E-state index in [1.807, 2.05) is 36.4 Å². The van der Waals surface area contributed by atoms with Crippen molar-refractivity contribution in [3.63, 3.8) is 0 Å². The molecule has 4 N–H and O–H groups in total. The molecule has 4 atom stereocenters. The fourth-order valence-electron chi connectivity index (χ4n) is 5.69. The van der Waals surface area contributed by atoms with Crippen molar-refractivity contribution in [3.8, 4) is 11.1 Å². The third-order valence-electron chi connectivity index (χ3n) is 7.67. The van der Waals surface area contributed by atoms with Crippen LogP contribution in [-0.4, -0.2) is 78.1 Å². The Labute approximate surface area is 212 Å². The van der Waals surface area contributed by atoms with Gasteiger partial charge in [-0.15, -0.1) is 0 Å². The molecule has 196 valence electrons. The lowest BCUT2D eigenvalue weighted by atomic mass is 9.72. The molecule has 0 aliphatic carbocycles. The molecule has 8 heteroatoms. The first-order valence-electron chi connectivity index (χ1n) is 12.9. The molecule has 2 saturated heterocycles. The van der Waals surface area contributed by atoms with Crippen LogP contribution in [0.25, 0.3) is 11.1 Å². The van der Waals surface area contributed by atoms with E-state index in [4.69, 9.17) is 10.5 Å². The number of aliphatic hydroxyl groups is 2. The molecule has 2 aliphatic heterocycles. The summed E-state index contributed by atoms with van der Waals surface area (Å²) in [5.74, 6) is -0.652. The number of nitrogens with zero attached hydrogens (tertiary/aromatic N) is 2. The summed E-state index contributed by atoms with van der Waals surface area (Å²) in [7, 11) is 1.65. The number of hydrogen-bond donors (Lipinski definition) is 3. The molecule has 2 amide bonds. The Balaban J connectivity index is 1.66. The van der Waals surface area contributed by atoms with E-state index >= 15 is 4.39 Å². The van der Waals surface area contributed by atoms with E-state index in [-0.39, 0.29) is 24.3 Å². The molecule has 0 aromatic heterocycles. The summed E-state index contributed by atoms with van der Waals surface area (Å²) < 4.78 is 20.5. The van der Waals surface area contributed by atoms with Crippen molar-refractivity contribution in [2.24, 2.45) is 11.7 Å². The van der Waals surface area contributed by atoms with Crippen molar-refractivity contribution >= 4 is 6.03 Å². The number of unbranched alkanes of at least 4 members (excludes halogenated alkanes) is 1. The number of nitrogens with two attached hydrogens (primary N) is 1. The number of benzene rings is 2. The number of rotatable bonds is 8. The van der Waals surface area contributed by atoms with Crippen LogP contribution in [-0.2, 0) is 10.3 Å². The van der Waals surface area contributed by atoms with Crippen molar-refractivity contribution in [1.29, 1.82) is 0 Å². The first-order valence-corrected chi connectivity index (χ1v) is 12.9. The molecule has 36 heavy (non-hydrogen) atoms. The van der Waals surface area contributed by atoms with E-state index in [1.165, 1.54) is 6.07 Å². The second kappa shape index (κ2) is 11.7. The highest BCUT2D eigenvalue weighted by molar-refractivity contribution is 5.75. The Morgan fingerprint density at radius 3 is 2.58 bits per heavy atom. The van der Waals surface area contributed by atoms with Crippen LogP contribution in [0.15, 0.2) is 48.5 Å². The quantitative estimate of drug-likeness (QED) is 0.484. The van der Waals surface area contributed by atoms with Crippen LogP contribution >= 0.6 is 0 Å². The van der Waals surface area contributed by atoms with Gasteiger partial charge in [0.25, 0.3) is 0 Å². The minimum Gasteiger partial charge on any atom is -0.390 e. The van der Waals surface area contributed by atoms with Gasteiger partial charge in [0.1, 0.15) is 5.82 Å². The molecule has 0 saturated carbocycles. The predicted molar refractivity (Wildman–Crippen MR) is 137 cm³/mol. The Morgan fingerprint density at radius 2 is 1.89 bits per heavy atom. The SMILES string of the molecule is COCCCC[C@@](O)(c1cccc(F)c1-c1ccccc1)C1CCCN(C(=O)N2C[C@@H](N)[C@@H](O)C2)C1. The lowest BCUT2D eigenvalue weighted by molar-refractivity contribution is -0.0573. The summed E-state index contributed by atoms with van der Waals surface area (Å²) in [4.78, 5) is 16.6. The molecule has 0 radical (unpaired) electrons. The molecule has 0 spiro atoms. The second-order valence-electron chi connectivity index (χ2n) is 10.1. The van der Waals surface area contributed by atoms with Crippen molar-refractivity contribution in [1.82, 2.24) is 9.80 Å². The summed E-state index contributed by atoms with van der Waals surface area (Å²) in [6, 6.07) is 13.6. The van der Waals surface area contributed by atoms with Crippen molar-refractivity contribution in [3.05, 3.63) is 59.9 Å². The maximum atomic E-state index is 15.3. The van der Waals surface area contributed by atoms with Crippen LogP contribution in [0.1, 0.15) is 37.7 Å². The third-order valence-corrected chi connectivity index (χ3v) is 7.67. The zero-order valence-corrected chi connectivity index (χ0v) is 21.0. The average molecular weight is 500 g/mol. The van der Waals surface area contributed by atoms with Crippen LogP contribution in [0.4, 0.5) is 9.18 Å². The zero-order valence-electron chi connectivity index (χ0n) is 21.0. The lowest BCUT2D eigenvalue weighted by Crippen LogP contribution is -2.52. The number of carbonyl (C=O) groups is 1. The van der Waals surface area contributed by atoms with Crippen LogP contribution in [0.5, 0.6) is 0 Å². The number of likely N-dealkylation sites (tertiary alicyclic amines) is 2. The fourth-order valence-corrected chi connectivity index (χ4v) is 5.69. The third kappa shape index (κ3) is 5.57. The van der Waals surface area contributed by atoms with Gasteiger partial charge in [0.2, 0.25) is 0 Å². The van der Waals surface area contributed by atoms with Gasteiger partial charge in [0.15, 0.2) is 0 Å². The van der Waals surface area contributed by atoms with E-state index in [1.54, 1.807) is 23.0 Å². The highest BCUT2D eigenvalue weighted by Gasteiger charge is 2.44.